The van der Waals surface area contributed by atoms with Gasteiger partial charge in [0.1, 0.15) is 11.4 Å². The number of nitrogens with two attached hydrogens (primary N) is 2. The number of benzene rings is 1. The third-order valence-electron chi connectivity index (χ3n) is 1.35. The van der Waals surface area contributed by atoms with Gasteiger partial charge in [0.15, 0.2) is 0 Å². The number of anilines is 2. The molecule has 1 unspecified atom stereocenters. The summed E-state index contributed by atoms with van der Waals surface area (Å²) >= 11 is 0. The molecule has 0 spiro atoms. The lowest BCUT2D eigenvalue weighted by Gasteiger charge is -2.12. The van der Waals surface area contributed by atoms with Gasteiger partial charge in [0.2, 0.25) is 0 Å². The van der Waals surface area contributed by atoms with Crippen molar-refractivity contribution in [1.29, 1.82) is 0 Å². The van der Waals surface area contributed by atoms with Crippen molar-refractivity contribution >= 4 is 19.0 Å². The van der Waals surface area contributed by atoms with Gasteiger partial charge in [-0.15, -0.1) is 0 Å². The van der Waals surface area contributed by atoms with Crippen LogP contribution in [-0.2, 0) is 4.57 Å². The molecule has 0 heterocycles. The first kappa shape index (κ1) is 9.85. The molecular formula is C6H10N3O3P. The van der Waals surface area contributed by atoms with Gasteiger partial charge in [0.25, 0.3) is 0 Å². The first-order valence-electron chi connectivity index (χ1n) is 3.37. The molecule has 1 aromatic carbocycles. The van der Waals surface area contributed by atoms with Crippen molar-refractivity contribution in [3.8, 4) is 5.75 Å². The van der Waals surface area contributed by atoms with Gasteiger partial charge in [-0.2, -0.15) is 0 Å². The van der Waals surface area contributed by atoms with Gasteiger partial charge >= 0.3 is 7.67 Å². The van der Waals surface area contributed by atoms with Crippen molar-refractivity contribution in [2.75, 3.05) is 10.8 Å². The molecule has 6 nitrogen and oxygen atoms in total. The van der Waals surface area contributed by atoms with Crippen molar-refractivity contribution in [2.24, 2.45) is 5.50 Å². The van der Waals surface area contributed by atoms with Crippen LogP contribution in [0.1, 0.15) is 0 Å². The maximum Gasteiger partial charge on any atom is 0.360 e. The van der Waals surface area contributed by atoms with Crippen LogP contribution in [0.15, 0.2) is 18.2 Å². The highest BCUT2D eigenvalue weighted by molar-refractivity contribution is 7.57. The minimum absolute atomic E-state index is 0.0316. The van der Waals surface area contributed by atoms with Crippen LogP contribution >= 0.6 is 7.67 Å². The molecule has 0 aliphatic heterocycles. The highest BCUT2D eigenvalue weighted by atomic mass is 31.2. The van der Waals surface area contributed by atoms with Crippen LogP contribution in [0, 0.1) is 0 Å². The molecule has 0 fully saturated rings. The summed E-state index contributed by atoms with van der Waals surface area (Å²) in [6.07, 6.45) is 0. The molecule has 0 saturated carbocycles. The number of nitrogen functional groups attached to an aromatic ring is 1. The van der Waals surface area contributed by atoms with Crippen molar-refractivity contribution in [3.05, 3.63) is 18.2 Å². The van der Waals surface area contributed by atoms with E-state index in [1.165, 1.54) is 18.2 Å². The third kappa shape index (κ3) is 2.62. The molecular weight excluding hydrogens is 193 g/mol. The second-order valence-corrected chi connectivity index (χ2v) is 3.95. The molecule has 0 saturated heterocycles. The Labute approximate surface area is 74.7 Å². The summed E-state index contributed by atoms with van der Waals surface area (Å²) in [6.45, 7) is 0. The molecule has 0 aliphatic carbocycles. The largest absolute Gasteiger partial charge is 0.506 e. The van der Waals surface area contributed by atoms with E-state index in [1.807, 2.05) is 5.09 Å². The zero-order valence-electron chi connectivity index (χ0n) is 6.64. The maximum atomic E-state index is 10.7. The molecule has 13 heavy (non-hydrogen) atoms. The lowest BCUT2D eigenvalue weighted by Crippen LogP contribution is -2.06. The highest BCUT2D eigenvalue weighted by Crippen LogP contribution is 2.39. The van der Waals surface area contributed by atoms with E-state index in [4.69, 9.17) is 16.1 Å². The van der Waals surface area contributed by atoms with Gasteiger partial charge in [-0.25, -0.2) is 10.1 Å². The molecule has 1 aromatic rings. The topological polar surface area (TPSA) is 122 Å². The molecule has 7 heteroatoms. The van der Waals surface area contributed by atoms with Gasteiger partial charge in [-0.3, -0.25) is 5.09 Å². The first-order chi connectivity index (χ1) is 5.90. The fraction of sp³-hybridized carbons (Fsp3) is 0. The Kier molecular flexibility index (Phi) is 2.47. The number of hydrogen-bond acceptors (Lipinski definition) is 3. The lowest BCUT2D eigenvalue weighted by atomic mass is 10.2. The van der Waals surface area contributed by atoms with Crippen molar-refractivity contribution in [1.82, 2.24) is 0 Å². The normalized spacial score (nSPS) is 14.9. The van der Waals surface area contributed by atoms with Gasteiger partial charge in [-0.1, -0.05) is 6.07 Å². The molecule has 72 valence electrons. The van der Waals surface area contributed by atoms with Gasteiger partial charge in [-0.05, 0) is 12.1 Å². The van der Waals surface area contributed by atoms with Gasteiger partial charge in [0.05, 0.1) is 5.69 Å². The molecule has 7 N–H and O–H groups in total. The summed E-state index contributed by atoms with van der Waals surface area (Å²) in [5.41, 5.74) is 10.4. The minimum Gasteiger partial charge on any atom is -0.506 e. The average molecular weight is 203 g/mol. The van der Waals surface area contributed by atoms with Gasteiger partial charge in [0, 0.05) is 0 Å². The summed E-state index contributed by atoms with van der Waals surface area (Å²) in [6, 6.07) is 4.31. The fourth-order valence-corrected chi connectivity index (χ4v) is 1.40. The van der Waals surface area contributed by atoms with Crippen LogP contribution < -0.4 is 16.3 Å². The monoisotopic (exact) mass is 203 g/mol. The van der Waals surface area contributed by atoms with Crippen LogP contribution in [0.2, 0.25) is 0 Å². The van der Waals surface area contributed by atoms with Crippen molar-refractivity contribution in [3.63, 3.8) is 0 Å². The average Bonchev–Trinajstić information content (AvgIpc) is 1.95. The predicted octanol–water partition coefficient (Wildman–Crippen LogP) is 0.445. The minimum atomic E-state index is -3.93. The Hall–Kier alpha value is -1.23. The number of hydrogen-bond donors (Lipinski definition) is 5. The lowest BCUT2D eigenvalue weighted by molar-refractivity contribution is 0.473. The van der Waals surface area contributed by atoms with Crippen molar-refractivity contribution < 1.29 is 14.6 Å². The number of nitrogens with one attached hydrogen (secondary N) is 1. The van der Waals surface area contributed by atoms with E-state index in [-0.39, 0.29) is 17.1 Å². The van der Waals surface area contributed by atoms with Gasteiger partial charge < -0.3 is 15.7 Å². The Balaban J connectivity index is 3.07. The molecule has 0 bridgehead atoms. The van der Waals surface area contributed by atoms with E-state index < -0.39 is 7.67 Å². The molecule has 0 radical (unpaired) electrons. The van der Waals surface area contributed by atoms with Crippen LogP contribution in [0.4, 0.5) is 11.4 Å². The van der Waals surface area contributed by atoms with E-state index in [1.54, 1.807) is 0 Å². The number of para-hydroxylation sites is 1. The predicted molar refractivity (Wildman–Crippen MR) is 50.2 cm³/mol. The number of aromatic hydroxyl groups is 1. The summed E-state index contributed by atoms with van der Waals surface area (Å²) in [5, 5.41) is 11.3. The third-order valence-corrected chi connectivity index (χ3v) is 1.89. The maximum absolute atomic E-state index is 10.7. The molecule has 1 rings (SSSR count). The van der Waals surface area contributed by atoms with E-state index >= 15 is 0 Å². The zero-order valence-corrected chi connectivity index (χ0v) is 7.53. The molecule has 0 aliphatic rings. The van der Waals surface area contributed by atoms with E-state index in [2.05, 4.69) is 0 Å². The second-order valence-electron chi connectivity index (χ2n) is 2.48. The number of phenols is 1. The van der Waals surface area contributed by atoms with Crippen LogP contribution in [0.5, 0.6) is 5.75 Å². The van der Waals surface area contributed by atoms with Crippen LogP contribution in [0.25, 0.3) is 0 Å². The summed E-state index contributed by atoms with van der Waals surface area (Å²) in [5.74, 6) is -0.222. The van der Waals surface area contributed by atoms with Crippen LogP contribution in [-0.4, -0.2) is 10.00 Å². The zero-order chi connectivity index (χ0) is 10.1. The van der Waals surface area contributed by atoms with E-state index in [0.29, 0.717) is 0 Å². The fourth-order valence-electron chi connectivity index (χ4n) is 0.839. The summed E-state index contributed by atoms with van der Waals surface area (Å²) in [7, 11) is -3.93. The number of rotatable bonds is 2. The van der Waals surface area contributed by atoms with Crippen LogP contribution in [0.3, 0.4) is 0 Å². The Morgan fingerprint density at radius 3 is 2.54 bits per heavy atom. The quantitative estimate of drug-likeness (QED) is 0.270. The Morgan fingerprint density at radius 1 is 1.46 bits per heavy atom. The second kappa shape index (κ2) is 3.26. The standard InChI is InChI=1S/C6H10N3O3P/c7-4-2-1-3-5(10)6(4)9-13(8,11)12/h1-3,10H,7H2,(H4,8,9,11,12). The smallest absolute Gasteiger partial charge is 0.360 e. The summed E-state index contributed by atoms with van der Waals surface area (Å²) < 4.78 is 10.7. The number of phenolic OH excluding ortho intramolecular Hbond substituents is 1. The first-order valence-corrected chi connectivity index (χ1v) is 5.10. The summed E-state index contributed by atoms with van der Waals surface area (Å²) in [4.78, 5) is 8.78. The highest BCUT2D eigenvalue weighted by Gasteiger charge is 2.14. The Morgan fingerprint density at radius 2 is 2.08 bits per heavy atom. The van der Waals surface area contributed by atoms with Crippen molar-refractivity contribution in [2.45, 2.75) is 0 Å². The van der Waals surface area contributed by atoms with E-state index in [9.17, 15) is 9.67 Å². The van der Waals surface area contributed by atoms with E-state index in [0.717, 1.165) is 0 Å². The molecule has 0 aromatic heterocycles. The Bertz CT molecular complexity index is 342. The SMILES string of the molecule is Nc1cccc(O)c1NP(N)(=O)O. The molecule has 1 atom stereocenters. The molecule has 0 amide bonds.